The average molecular weight is 401 g/mol. The van der Waals surface area contributed by atoms with Gasteiger partial charge in [-0.05, 0) is 24.6 Å². The summed E-state index contributed by atoms with van der Waals surface area (Å²) >= 11 is 6.33. The number of halogens is 1. The fraction of sp³-hybridized carbons (Fsp3) is 0.333. The number of anilines is 1. The molecular formula is C21H25ClN4O2. The first kappa shape index (κ1) is 20.2. The second kappa shape index (κ2) is 9.57. The van der Waals surface area contributed by atoms with E-state index < -0.39 is 12.1 Å². The van der Waals surface area contributed by atoms with Crippen LogP contribution >= 0.6 is 11.6 Å². The molecule has 0 bridgehead atoms. The lowest BCUT2D eigenvalue weighted by atomic mass is 10.0. The summed E-state index contributed by atoms with van der Waals surface area (Å²) < 4.78 is 0. The van der Waals surface area contributed by atoms with Crippen LogP contribution in [0.4, 0.5) is 10.5 Å². The summed E-state index contributed by atoms with van der Waals surface area (Å²) in [5.74, 6) is -0.316. The number of nitrogens with zero attached hydrogens (tertiary/aromatic N) is 2. The molecule has 1 aliphatic rings. The predicted molar refractivity (Wildman–Crippen MR) is 112 cm³/mol. The zero-order valence-corrected chi connectivity index (χ0v) is 16.7. The van der Waals surface area contributed by atoms with Crippen LogP contribution in [0.1, 0.15) is 18.5 Å². The summed E-state index contributed by atoms with van der Waals surface area (Å²) in [6.45, 7) is 5.16. The van der Waals surface area contributed by atoms with Gasteiger partial charge in [0.2, 0.25) is 5.91 Å². The molecule has 0 saturated carbocycles. The number of hydrogen-bond donors (Lipinski definition) is 2. The molecule has 1 saturated heterocycles. The van der Waals surface area contributed by atoms with Crippen LogP contribution in [0, 0.1) is 0 Å². The van der Waals surface area contributed by atoms with Crippen molar-refractivity contribution in [1.82, 2.24) is 15.5 Å². The third-order valence-corrected chi connectivity index (χ3v) is 5.13. The van der Waals surface area contributed by atoms with Crippen LogP contribution in [0.5, 0.6) is 0 Å². The lowest BCUT2D eigenvalue weighted by Crippen LogP contribution is -2.52. The van der Waals surface area contributed by atoms with Crippen molar-refractivity contribution in [2.45, 2.75) is 13.0 Å². The van der Waals surface area contributed by atoms with E-state index in [1.807, 2.05) is 61.5 Å². The molecule has 3 amide bonds. The van der Waals surface area contributed by atoms with Crippen molar-refractivity contribution in [2.24, 2.45) is 0 Å². The lowest BCUT2D eigenvalue weighted by molar-refractivity contribution is -0.125. The van der Waals surface area contributed by atoms with Gasteiger partial charge in [-0.15, -0.1) is 0 Å². The number of amides is 3. The van der Waals surface area contributed by atoms with E-state index in [-0.39, 0.29) is 5.91 Å². The van der Waals surface area contributed by atoms with Gasteiger partial charge in [0.25, 0.3) is 0 Å². The largest absolute Gasteiger partial charge is 0.368 e. The Hall–Kier alpha value is -2.57. The molecule has 1 heterocycles. The van der Waals surface area contributed by atoms with Crippen molar-refractivity contribution in [3.63, 3.8) is 0 Å². The zero-order valence-electron chi connectivity index (χ0n) is 15.9. The molecule has 7 heteroatoms. The second-order valence-electron chi connectivity index (χ2n) is 6.64. The van der Waals surface area contributed by atoms with E-state index in [0.717, 1.165) is 29.4 Å². The number of hydrogen-bond acceptors (Lipinski definition) is 4. The minimum Gasteiger partial charge on any atom is -0.368 e. The monoisotopic (exact) mass is 400 g/mol. The summed E-state index contributed by atoms with van der Waals surface area (Å²) in [7, 11) is 0. The van der Waals surface area contributed by atoms with E-state index in [4.69, 9.17) is 11.6 Å². The Labute approximate surface area is 170 Å². The van der Waals surface area contributed by atoms with Gasteiger partial charge in [0.15, 0.2) is 0 Å². The fourth-order valence-electron chi connectivity index (χ4n) is 3.48. The summed E-state index contributed by atoms with van der Waals surface area (Å²) in [5.41, 5.74) is 1.88. The minimum absolute atomic E-state index is 0.316. The zero-order chi connectivity index (χ0) is 19.9. The SMILES string of the molecule is CCNC(=O)NC(=O)C(c1ccccc1)N1CCN(c2ccccc2Cl)CC1. The molecule has 2 aromatic rings. The van der Waals surface area contributed by atoms with Gasteiger partial charge in [0.05, 0.1) is 10.7 Å². The van der Waals surface area contributed by atoms with Crippen molar-refractivity contribution in [1.29, 1.82) is 0 Å². The molecule has 0 spiro atoms. The first-order valence-electron chi connectivity index (χ1n) is 9.47. The number of imide groups is 1. The maximum Gasteiger partial charge on any atom is 0.321 e. The Morgan fingerprint density at radius 3 is 2.29 bits per heavy atom. The van der Waals surface area contributed by atoms with Crippen LogP contribution in [-0.2, 0) is 4.79 Å². The second-order valence-corrected chi connectivity index (χ2v) is 7.04. The first-order chi connectivity index (χ1) is 13.6. The fourth-order valence-corrected chi connectivity index (χ4v) is 3.73. The Morgan fingerprint density at radius 1 is 1.00 bits per heavy atom. The van der Waals surface area contributed by atoms with Gasteiger partial charge < -0.3 is 10.2 Å². The minimum atomic E-state index is -0.516. The highest BCUT2D eigenvalue weighted by Gasteiger charge is 2.31. The number of rotatable bonds is 5. The van der Waals surface area contributed by atoms with Crippen molar-refractivity contribution >= 4 is 29.2 Å². The van der Waals surface area contributed by atoms with Crippen LogP contribution in [-0.4, -0.2) is 49.6 Å². The predicted octanol–water partition coefficient (Wildman–Crippen LogP) is 3.05. The molecule has 2 N–H and O–H groups in total. The number of nitrogens with one attached hydrogen (secondary N) is 2. The standard InChI is InChI=1S/C21H25ClN4O2/c1-2-23-21(28)24-20(27)19(16-8-4-3-5-9-16)26-14-12-25(13-15-26)18-11-7-6-10-17(18)22/h3-11,19H,2,12-15H2,1H3,(H2,23,24,27,28). The molecule has 0 radical (unpaired) electrons. The topological polar surface area (TPSA) is 64.7 Å². The highest BCUT2D eigenvalue weighted by molar-refractivity contribution is 6.33. The molecular weight excluding hydrogens is 376 g/mol. The van der Waals surface area contributed by atoms with Gasteiger partial charge in [-0.1, -0.05) is 54.1 Å². The van der Waals surface area contributed by atoms with Gasteiger partial charge in [-0.2, -0.15) is 0 Å². The molecule has 0 aliphatic carbocycles. The Balaban J connectivity index is 1.74. The molecule has 3 rings (SSSR count). The van der Waals surface area contributed by atoms with Crippen LogP contribution in [0.3, 0.4) is 0 Å². The number of piperazine rings is 1. The van der Waals surface area contributed by atoms with Crippen molar-refractivity contribution in [2.75, 3.05) is 37.6 Å². The molecule has 2 aromatic carbocycles. The van der Waals surface area contributed by atoms with E-state index in [9.17, 15) is 9.59 Å². The molecule has 1 unspecified atom stereocenters. The van der Waals surface area contributed by atoms with Gasteiger partial charge in [0, 0.05) is 32.7 Å². The van der Waals surface area contributed by atoms with Crippen LogP contribution in [0.15, 0.2) is 54.6 Å². The highest BCUT2D eigenvalue weighted by atomic mass is 35.5. The Kier molecular flexibility index (Phi) is 6.90. The molecule has 1 atom stereocenters. The van der Waals surface area contributed by atoms with Gasteiger partial charge in [-0.25, -0.2) is 4.79 Å². The number of urea groups is 1. The summed E-state index contributed by atoms with van der Waals surface area (Å²) in [6, 6.07) is 16.4. The quantitative estimate of drug-likeness (QED) is 0.809. The molecule has 1 fully saturated rings. The summed E-state index contributed by atoms with van der Waals surface area (Å²) in [5, 5.41) is 5.80. The summed E-state index contributed by atoms with van der Waals surface area (Å²) in [4.78, 5) is 29.1. The molecule has 1 aliphatic heterocycles. The third-order valence-electron chi connectivity index (χ3n) is 4.81. The van der Waals surface area contributed by atoms with Gasteiger partial charge in [-0.3, -0.25) is 15.0 Å². The van der Waals surface area contributed by atoms with Gasteiger partial charge >= 0.3 is 6.03 Å². The normalized spacial score (nSPS) is 15.7. The third kappa shape index (κ3) is 4.82. The van der Waals surface area contributed by atoms with Crippen LogP contribution < -0.4 is 15.5 Å². The highest BCUT2D eigenvalue weighted by Crippen LogP contribution is 2.28. The smallest absolute Gasteiger partial charge is 0.321 e. The van der Waals surface area contributed by atoms with Gasteiger partial charge in [0.1, 0.15) is 6.04 Å². The number of carbonyl (C=O) groups is 2. The number of carbonyl (C=O) groups excluding carboxylic acids is 2. The van der Waals surface area contributed by atoms with E-state index in [1.165, 1.54) is 0 Å². The van der Waals surface area contributed by atoms with E-state index in [2.05, 4.69) is 20.4 Å². The van der Waals surface area contributed by atoms with Crippen molar-refractivity contribution < 1.29 is 9.59 Å². The lowest BCUT2D eigenvalue weighted by Gasteiger charge is -2.39. The van der Waals surface area contributed by atoms with E-state index >= 15 is 0 Å². The van der Waals surface area contributed by atoms with E-state index in [1.54, 1.807) is 0 Å². The number of benzene rings is 2. The number of para-hydroxylation sites is 1. The Morgan fingerprint density at radius 2 is 1.64 bits per heavy atom. The summed E-state index contributed by atoms with van der Waals surface area (Å²) in [6.07, 6.45) is 0. The van der Waals surface area contributed by atoms with E-state index in [0.29, 0.717) is 19.6 Å². The molecule has 6 nitrogen and oxygen atoms in total. The van der Waals surface area contributed by atoms with Crippen LogP contribution in [0.25, 0.3) is 0 Å². The molecule has 0 aromatic heterocycles. The maximum absolute atomic E-state index is 12.9. The Bertz CT molecular complexity index is 807. The van der Waals surface area contributed by atoms with Crippen LogP contribution in [0.2, 0.25) is 5.02 Å². The molecule has 28 heavy (non-hydrogen) atoms. The average Bonchev–Trinajstić information content (AvgIpc) is 2.70. The molecule has 148 valence electrons. The van der Waals surface area contributed by atoms with Crippen molar-refractivity contribution in [3.8, 4) is 0 Å². The van der Waals surface area contributed by atoms with Crippen molar-refractivity contribution in [3.05, 3.63) is 65.2 Å². The maximum atomic E-state index is 12.9. The first-order valence-corrected chi connectivity index (χ1v) is 9.85.